The first-order chi connectivity index (χ1) is 14.0. The maximum atomic E-state index is 12.3. The number of rotatable bonds is 8. The van der Waals surface area contributed by atoms with Gasteiger partial charge in [0.15, 0.2) is 0 Å². The standard InChI is InChI=1S/C21H24N6OS/c1-3-15-9-5-7-11-17(15)23-19(28)13-29-12-18-25-20(22)27-21(26-18)24-16-10-6-4-8-14(16)2/h4-11H,3,12-13H2,1-2H3,(H,23,28)(H3,22,24,25,26,27). The molecule has 0 aliphatic carbocycles. The van der Waals surface area contributed by atoms with E-state index in [2.05, 4.69) is 32.5 Å². The van der Waals surface area contributed by atoms with Gasteiger partial charge in [-0.05, 0) is 36.6 Å². The molecule has 2 aromatic carbocycles. The number of nitrogens with two attached hydrogens (primary N) is 1. The van der Waals surface area contributed by atoms with Gasteiger partial charge in [0, 0.05) is 11.4 Å². The third-order valence-corrected chi connectivity index (χ3v) is 5.16. The fourth-order valence-corrected chi connectivity index (χ4v) is 3.44. The van der Waals surface area contributed by atoms with E-state index in [0.29, 0.717) is 23.3 Å². The van der Waals surface area contributed by atoms with Crippen molar-refractivity contribution >= 4 is 40.9 Å². The fraction of sp³-hybridized carbons (Fsp3) is 0.238. The molecule has 0 unspecified atom stereocenters. The Bertz CT molecular complexity index is 994. The quantitative estimate of drug-likeness (QED) is 0.518. The number of nitrogens with zero attached hydrogens (tertiary/aromatic N) is 3. The molecule has 8 heteroatoms. The number of carbonyl (C=O) groups excluding carboxylic acids is 1. The van der Waals surface area contributed by atoms with Crippen LogP contribution in [-0.2, 0) is 17.0 Å². The van der Waals surface area contributed by atoms with Gasteiger partial charge < -0.3 is 16.4 Å². The van der Waals surface area contributed by atoms with Gasteiger partial charge in [-0.3, -0.25) is 4.79 Å². The second kappa shape index (κ2) is 9.88. The average Bonchev–Trinajstić information content (AvgIpc) is 2.70. The van der Waals surface area contributed by atoms with E-state index in [1.54, 1.807) is 0 Å². The van der Waals surface area contributed by atoms with Crippen LogP contribution in [0.1, 0.15) is 23.9 Å². The number of benzene rings is 2. The molecule has 3 aromatic rings. The lowest BCUT2D eigenvalue weighted by Crippen LogP contribution is -2.15. The molecule has 1 heterocycles. The minimum Gasteiger partial charge on any atom is -0.368 e. The lowest BCUT2D eigenvalue weighted by molar-refractivity contribution is -0.113. The molecule has 7 nitrogen and oxygen atoms in total. The minimum atomic E-state index is -0.0591. The van der Waals surface area contributed by atoms with Crippen LogP contribution < -0.4 is 16.4 Å². The van der Waals surface area contributed by atoms with Crippen molar-refractivity contribution in [3.05, 3.63) is 65.5 Å². The maximum Gasteiger partial charge on any atom is 0.234 e. The third-order valence-electron chi connectivity index (χ3n) is 4.23. The van der Waals surface area contributed by atoms with Crippen LogP contribution in [0.4, 0.5) is 23.3 Å². The van der Waals surface area contributed by atoms with Gasteiger partial charge in [-0.15, -0.1) is 11.8 Å². The molecule has 150 valence electrons. The number of thioether (sulfide) groups is 1. The third kappa shape index (κ3) is 5.92. The zero-order chi connectivity index (χ0) is 20.6. The van der Waals surface area contributed by atoms with Gasteiger partial charge in [0.05, 0.1) is 11.5 Å². The second-order valence-electron chi connectivity index (χ2n) is 6.43. The molecule has 4 N–H and O–H groups in total. The number of aromatic nitrogens is 3. The molecule has 0 aliphatic heterocycles. The van der Waals surface area contributed by atoms with E-state index in [1.165, 1.54) is 11.8 Å². The Morgan fingerprint density at radius 1 is 1.03 bits per heavy atom. The van der Waals surface area contributed by atoms with Crippen molar-refractivity contribution in [2.24, 2.45) is 0 Å². The Morgan fingerprint density at radius 2 is 1.76 bits per heavy atom. The Labute approximate surface area is 174 Å². The molecule has 1 aromatic heterocycles. The van der Waals surface area contributed by atoms with E-state index in [0.717, 1.165) is 28.9 Å². The molecule has 0 fully saturated rings. The van der Waals surface area contributed by atoms with Crippen LogP contribution >= 0.6 is 11.8 Å². The fourth-order valence-electron chi connectivity index (χ4n) is 2.76. The van der Waals surface area contributed by atoms with E-state index in [4.69, 9.17) is 5.73 Å². The van der Waals surface area contributed by atoms with E-state index < -0.39 is 0 Å². The normalized spacial score (nSPS) is 10.6. The largest absolute Gasteiger partial charge is 0.368 e. The molecule has 0 radical (unpaired) electrons. The topological polar surface area (TPSA) is 106 Å². The van der Waals surface area contributed by atoms with Gasteiger partial charge in [0.25, 0.3) is 0 Å². The van der Waals surface area contributed by atoms with E-state index in [-0.39, 0.29) is 11.9 Å². The van der Waals surface area contributed by atoms with Crippen LogP contribution in [0.25, 0.3) is 0 Å². The molecule has 0 saturated heterocycles. The van der Waals surface area contributed by atoms with Gasteiger partial charge >= 0.3 is 0 Å². The Kier molecular flexibility index (Phi) is 7.02. The van der Waals surface area contributed by atoms with E-state index in [9.17, 15) is 4.79 Å². The number of hydrogen-bond donors (Lipinski definition) is 3. The zero-order valence-corrected chi connectivity index (χ0v) is 17.3. The van der Waals surface area contributed by atoms with E-state index in [1.807, 2.05) is 55.5 Å². The van der Waals surface area contributed by atoms with Crippen LogP contribution in [0.3, 0.4) is 0 Å². The lowest BCUT2D eigenvalue weighted by atomic mass is 10.1. The Balaban J connectivity index is 1.57. The van der Waals surface area contributed by atoms with Crippen LogP contribution in [0, 0.1) is 6.92 Å². The number of para-hydroxylation sites is 2. The predicted octanol–water partition coefficient (Wildman–Crippen LogP) is 3.94. The molecule has 0 saturated carbocycles. The summed E-state index contributed by atoms with van der Waals surface area (Å²) in [7, 11) is 0. The van der Waals surface area contributed by atoms with E-state index >= 15 is 0 Å². The highest BCUT2D eigenvalue weighted by atomic mass is 32.2. The summed E-state index contributed by atoms with van der Waals surface area (Å²) in [6, 6.07) is 15.7. The first kappa shape index (κ1) is 20.6. The van der Waals surface area contributed by atoms with Crippen LogP contribution in [0.5, 0.6) is 0 Å². The maximum absolute atomic E-state index is 12.3. The smallest absolute Gasteiger partial charge is 0.234 e. The van der Waals surface area contributed by atoms with Crippen molar-refractivity contribution in [2.45, 2.75) is 26.0 Å². The van der Waals surface area contributed by atoms with Gasteiger partial charge in [0.1, 0.15) is 5.82 Å². The Hall–Kier alpha value is -3.13. The number of carbonyl (C=O) groups is 1. The lowest BCUT2D eigenvalue weighted by Gasteiger charge is -2.10. The summed E-state index contributed by atoms with van der Waals surface area (Å²) in [4.78, 5) is 25.0. The highest BCUT2D eigenvalue weighted by Gasteiger charge is 2.09. The number of amides is 1. The van der Waals surface area contributed by atoms with Crippen LogP contribution in [-0.4, -0.2) is 26.6 Å². The first-order valence-electron chi connectivity index (χ1n) is 9.33. The molecular weight excluding hydrogens is 384 g/mol. The van der Waals surface area contributed by atoms with Crippen LogP contribution in [0.15, 0.2) is 48.5 Å². The molecule has 1 amide bonds. The SMILES string of the molecule is CCc1ccccc1NC(=O)CSCc1nc(N)nc(Nc2ccccc2C)n1. The Morgan fingerprint density at radius 3 is 2.52 bits per heavy atom. The highest BCUT2D eigenvalue weighted by Crippen LogP contribution is 2.19. The number of nitrogens with one attached hydrogen (secondary N) is 2. The van der Waals surface area contributed by atoms with Crippen molar-refractivity contribution in [3.8, 4) is 0 Å². The zero-order valence-electron chi connectivity index (χ0n) is 16.5. The molecule has 0 atom stereocenters. The van der Waals surface area contributed by atoms with Gasteiger partial charge in [-0.2, -0.15) is 15.0 Å². The van der Waals surface area contributed by atoms with Crippen LogP contribution in [0.2, 0.25) is 0 Å². The van der Waals surface area contributed by atoms with Gasteiger partial charge in [-0.1, -0.05) is 43.3 Å². The summed E-state index contributed by atoms with van der Waals surface area (Å²) in [5, 5.41) is 6.13. The molecule has 0 aliphatic rings. The summed E-state index contributed by atoms with van der Waals surface area (Å²) in [6.45, 7) is 4.06. The predicted molar refractivity (Wildman–Crippen MR) is 119 cm³/mol. The highest BCUT2D eigenvalue weighted by molar-refractivity contribution is 7.99. The number of hydrogen-bond acceptors (Lipinski definition) is 7. The van der Waals surface area contributed by atoms with Gasteiger partial charge in [-0.25, -0.2) is 0 Å². The minimum absolute atomic E-state index is 0.0591. The summed E-state index contributed by atoms with van der Waals surface area (Å²) in [5.41, 5.74) is 9.78. The number of nitrogen functional groups attached to an aromatic ring is 1. The second-order valence-corrected chi connectivity index (χ2v) is 7.41. The van der Waals surface area contributed by atoms with Crippen molar-refractivity contribution in [1.29, 1.82) is 0 Å². The molecule has 3 rings (SSSR count). The molecule has 0 spiro atoms. The molecule has 29 heavy (non-hydrogen) atoms. The average molecular weight is 409 g/mol. The molecular formula is C21H24N6OS. The summed E-state index contributed by atoms with van der Waals surface area (Å²) < 4.78 is 0. The van der Waals surface area contributed by atoms with Crippen molar-refractivity contribution < 1.29 is 4.79 Å². The van der Waals surface area contributed by atoms with Crippen molar-refractivity contribution in [3.63, 3.8) is 0 Å². The summed E-state index contributed by atoms with van der Waals surface area (Å²) >= 11 is 1.43. The number of aryl methyl sites for hydroxylation is 2. The van der Waals surface area contributed by atoms with Crippen molar-refractivity contribution in [2.75, 3.05) is 22.1 Å². The summed E-state index contributed by atoms with van der Waals surface area (Å²) in [5.74, 6) is 1.76. The monoisotopic (exact) mass is 408 g/mol. The van der Waals surface area contributed by atoms with Crippen molar-refractivity contribution in [1.82, 2.24) is 15.0 Å². The number of anilines is 4. The first-order valence-corrected chi connectivity index (χ1v) is 10.5. The molecule has 0 bridgehead atoms. The summed E-state index contributed by atoms with van der Waals surface area (Å²) in [6.07, 6.45) is 0.865. The van der Waals surface area contributed by atoms with Gasteiger partial charge in [0.2, 0.25) is 17.8 Å².